The molecule has 10 heterocycles. The molecule has 4 saturated heterocycles. The Hall–Kier alpha value is -8.08. The molecule has 0 spiro atoms. The van der Waals surface area contributed by atoms with Crippen LogP contribution >= 0.6 is 0 Å². The topological polar surface area (TPSA) is 180 Å². The van der Waals surface area contributed by atoms with Crippen LogP contribution < -0.4 is 20.1 Å². The summed E-state index contributed by atoms with van der Waals surface area (Å²) >= 11 is 0. The molecular formula is C61H56F3N9O7. The van der Waals surface area contributed by atoms with Gasteiger partial charge in [0, 0.05) is 84.6 Å². The molecule has 19 heteroatoms. The normalized spacial score (nSPS) is 23.5. The van der Waals surface area contributed by atoms with E-state index in [0.29, 0.717) is 73.6 Å². The molecule has 2 bridgehead atoms. The van der Waals surface area contributed by atoms with Crippen LogP contribution in [0.2, 0.25) is 0 Å². The Morgan fingerprint density at radius 3 is 2.58 bits per heavy atom. The summed E-state index contributed by atoms with van der Waals surface area (Å²) in [7, 11) is 1.95. The van der Waals surface area contributed by atoms with E-state index in [9.17, 15) is 29.0 Å². The zero-order valence-electron chi connectivity index (χ0n) is 44.3. The van der Waals surface area contributed by atoms with Crippen molar-refractivity contribution in [2.24, 2.45) is 0 Å². The number of carbonyl (C=O) groups is 2. The molecule has 2 N–H and O–H groups in total. The first-order valence-electron chi connectivity index (χ1n) is 27.5. The molecule has 408 valence electrons. The highest BCUT2D eigenvalue weighted by Gasteiger charge is 2.50. The van der Waals surface area contributed by atoms with Gasteiger partial charge in [0.1, 0.15) is 48.0 Å². The van der Waals surface area contributed by atoms with Crippen molar-refractivity contribution in [1.82, 2.24) is 34.3 Å². The Bertz CT molecular complexity index is 4020. The van der Waals surface area contributed by atoms with Crippen molar-refractivity contribution in [3.8, 4) is 46.7 Å². The number of esters is 1. The molecule has 1 amide bonds. The van der Waals surface area contributed by atoms with Gasteiger partial charge >= 0.3 is 12.0 Å². The van der Waals surface area contributed by atoms with Crippen molar-refractivity contribution in [2.75, 3.05) is 56.2 Å². The summed E-state index contributed by atoms with van der Waals surface area (Å²) < 4.78 is 61.0. The number of hydrogen-bond donors (Lipinski definition) is 2. The lowest BCUT2D eigenvalue weighted by molar-refractivity contribution is -0.172. The number of rotatable bonds is 10. The van der Waals surface area contributed by atoms with Crippen molar-refractivity contribution >= 4 is 56.0 Å². The van der Waals surface area contributed by atoms with Crippen LogP contribution in [-0.2, 0) is 45.9 Å². The van der Waals surface area contributed by atoms with E-state index in [4.69, 9.17) is 25.9 Å². The van der Waals surface area contributed by atoms with Crippen LogP contribution in [0.15, 0.2) is 65.6 Å². The largest absolute Gasteiger partial charge is 0.508 e. The number of hydrogen-bond acceptors (Lipinski definition) is 14. The summed E-state index contributed by atoms with van der Waals surface area (Å²) in [5.74, 6) is 0.0550. The maximum absolute atomic E-state index is 17.5. The molecule has 7 aliphatic rings. The lowest BCUT2D eigenvalue weighted by Crippen LogP contribution is -2.56. The van der Waals surface area contributed by atoms with Crippen molar-refractivity contribution < 1.29 is 42.4 Å². The molecule has 16 nitrogen and oxygen atoms in total. The van der Waals surface area contributed by atoms with Gasteiger partial charge in [-0.2, -0.15) is 9.97 Å². The van der Waals surface area contributed by atoms with Crippen LogP contribution in [0.1, 0.15) is 85.3 Å². The SMILES string of the molecule is C#Cc1c(F)ccc2cc(O)cc(-c3ncc4c(N5CC6CCC(C5)N6C(=O)C(=C)CN(C)c5ccc6nc7c(c8c6c5CCC8)Cn5c-7cc6c(c5=O)COC(=O)[C@]6(O)CC)nc(OC[C@@]56CCCN5C[C@H](F)C6)nc4c3F)c12. The third kappa shape index (κ3) is 7.40. The lowest BCUT2D eigenvalue weighted by atomic mass is 9.85. The number of alkyl halides is 1. The molecule has 7 aromatic rings. The van der Waals surface area contributed by atoms with E-state index < -0.39 is 34.9 Å². The van der Waals surface area contributed by atoms with E-state index in [1.165, 1.54) is 30.5 Å². The number of aliphatic hydroxyl groups is 1. The fraction of sp³-hybridized carbons (Fsp3) is 0.393. The Labute approximate surface area is 457 Å². The smallest absolute Gasteiger partial charge is 0.343 e. The van der Waals surface area contributed by atoms with Gasteiger partial charge in [0.2, 0.25) is 0 Å². The number of phenols is 1. The number of piperazine rings is 1. The molecule has 4 aromatic heterocycles. The Morgan fingerprint density at radius 2 is 1.79 bits per heavy atom. The number of amides is 1. The Morgan fingerprint density at radius 1 is 0.988 bits per heavy atom. The number of terminal acetylenes is 1. The highest BCUT2D eigenvalue weighted by Crippen LogP contribution is 2.46. The summed E-state index contributed by atoms with van der Waals surface area (Å²) in [4.78, 5) is 69.0. The number of phenolic OH excluding ortho intramolecular Hbond substituents is 1. The molecule has 14 rings (SSSR count). The third-order valence-electron chi connectivity index (χ3n) is 18.4. The maximum Gasteiger partial charge on any atom is 0.343 e. The van der Waals surface area contributed by atoms with E-state index in [1.807, 2.05) is 29.0 Å². The second kappa shape index (κ2) is 18.2. The summed E-state index contributed by atoms with van der Waals surface area (Å²) in [6.07, 6.45) is 12.1. The van der Waals surface area contributed by atoms with Gasteiger partial charge in [-0.3, -0.25) is 19.5 Å². The molecule has 6 aliphatic heterocycles. The molecule has 5 atom stereocenters. The zero-order chi connectivity index (χ0) is 55.3. The van der Waals surface area contributed by atoms with Crippen LogP contribution in [-0.4, -0.2) is 127 Å². The van der Waals surface area contributed by atoms with Crippen molar-refractivity contribution in [3.63, 3.8) is 0 Å². The molecule has 80 heavy (non-hydrogen) atoms. The number of fused-ring (bicyclic) bond motifs is 10. The van der Waals surface area contributed by atoms with Crippen LogP contribution in [0, 0.1) is 24.0 Å². The Kier molecular flexibility index (Phi) is 11.4. The number of likely N-dealkylation sites (N-methyl/N-ethyl adjacent to an activating group) is 1. The summed E-state index contributed by atoms with van der Waals surface area (Å²) in [6.45, 7) is 8.25. The number of cyclic esters (lactones) is 1. The van der Waals surface area contributed by atoms with E-state index >= 15 is 8.78 Å². The van der Waals surface area contributed by atoms with Gasteiger partial charge < -0.3 is 39.0 Å². The van der Waals surface area contributed by atoms with Crippen molar-refractivity contribution in [3.05, 3.63) is 116 Å². The minimum Gasteiger partial charge on any atom is -0.508 e. The van der Waals surface area contributed by atoms with Crippen molar-refractivity contribution in [2.45, 2.75) is 107 Å². The molecular weight excluding hydrogens is 1030 g/mol. The molecule has 2 unspecified atom stereocenters. The first kappa shape index (κ1) is 50.2. The van der Waals surface area contributed by atoms with E-state index in [1.54, 1.807) is 17.6 Å². The minimum atomic E-state index is -1.92. The predicted octanol–water partition coefficient (Wildman–Crippen LogP) is 7.52. The number of pyridine rings is 3. The van der Waals surface area contributed by atoms with Gasteiger partial charge in [-0.25, -0.2) is 22.9 Å². The molecule has 0 saturated carbocycles. The zero-order valence-corrected chi connectivity index (χ0v) is 44.3. The van der Waals surface area contributed by atoms with Gasteiger partial charge in [0.25, 0.3) is 11.5 Å². The number of ether oxygens (including phenoxy) is 2. The fourth-order valence-electron chi connectivity index (χ4n) is 14.6. The van der Waals surface area contributed by atoms with Gasteiger partial charge in [-0.05, 0) is 111 Å². The third-order valence-corrected chi connectivity index (χ3v) is 18.4. The number of aryl methyl sites for hydroxylation is 2. The maximum atomic E-state index is 17.5. The lowest BCUT2D eigenvalue weighted by Gasteiger charge is -2.42. The number of aromatic nitrogens is 5. The summed E-state index contributed by atoms with van der Waals surface area (Å²) in [6, 6.07) is 10.5. The number of nitrogens with zero attached hydrogens (tertiary/aromatic N) is 9. The van der Waals surface area contributed by atoms with Gasteiger partial charge in [-0.15, -0.1) is 6.42 Å². The highest BCUT2D eigenvalue weighted by atomic mass is 19.1. The van der Waals surface area contributed by atoms with E-state index in [2.05, 4.69) is 32.3 Å². The van der Waals surface area contributed by atoms with Gasteiger partial charge in [0.15, 0.2) is 11.4 Å². The summed E-state index contributed by atoms with van der Waals surface area (Å²) in [5.41, 5.74) is 3.94. The number of anilines is 2. The average molecular weight is 1080 g/mol. The average Bonchev–Trinajstić information content (AvgIpc) is 4.21. The predicted molar refractivity (Wildman–Crippen MR) is 293 cm³/mol. The standard InChI is InChI=1S/C61H56F3N9O7/c1-5-37-45(63)14-11-32-19-36(74)20-40(49(32)37)53-51(64)54-41(23-65-53)55(68-59(67-54)80-30-60-17-8-18-71(60)25-33(62)22-60)70-26-34-12-13-35(27-70)73(34)56(75)31(3)24-69(4)47-16-15-46-50-38(9-7-10-39(47)50)42-28-72-48(52(42)66-46)21-44-43(57(72)76)29-79-58(77)61(44,78)6-2/h1,11,14-16,19-21,23,33-35,74,78H,3,6-10,12-13,17-18,22,24-30H2,2,4H3/t33-,34?,35?,60+,61+/m1/s1. The quantitative estimate of drug-likeness (QED) is 0.0780. The fourth-order valence-corrected chi connectivity index (χ4v) is 14.6. The van der Waals surface area contributed by atoms with E-state index in [0.717, 1.165) is 71.9 Å². The number of halogens is 3. The highest BCUT2D eigenvalue weighted by molar-refractivity contribution is 6.03. The molecule has 3 aromatic carbocycles. The van der Waals surface area contributed by atoms with Crippen LogP contribution in [0.4, 0.5) is 24.7 Å². The number of aromatic hydroxyl groups is 1. The first-order valence-corrected chi connectivity index (χ1v) is 27.5. The Balaban J connectivity index is 0.750. The van der Waals surface area contributed by atoms with Crippen molar-refractivity contribution in [1.29, 1.82) is 0 Å². The van der Waals surface area contributed by atoms with Crippen LogP contribution in [0.3, 0.4) is 0 Å². The second-order valence-electron chi connectivity index (χ2n) is 22.8. The molecule has 0 radical (unpaired) electrons. The van der Waals surface area contributed by atoms with Crippen LogP contribution in [0.5, 0.6) is 11.8 Å². The minimum absolute atomic E-state index is 0.0542. The van der Waals surface area contributed by atoms with Gasteiger partial charge in [-0.1, -0.05) is 25.5 Å². The van der Waals surface area contributed by atoms with E-state index in [-0.39, 0.29) is 106 Å². The van der Waals surface area contributed by atoms with Crippen LogP contribution in [0.25, 0.3) is 55.2 Å². The number of benzene rings is 3. The second-order valence-corrected chi connectivity index (χ2v) is 22.8. The molecule has 4 fully saturated rings. The first-order chi connectivity index (χ1) is 38.6. The molecule has 1 aliphatic carbocycles. The monoisotopic (exact) mass is 1080 g/mol. The summed E-state index contributed by atoms with van der Waals surface area (Å²) in [5, 5.41) is 24.1. The van der Waals surface area contributed by atoms with Gasteiger partial charge in [0.05, 0.1) is 57.6 Å². The number of carbonyl (C=O) groups excluding carboxylic acids is 2.